The van der Waals surface area contributed by atoms with E-state index in [0.717, 1.165) is 51.1 Å². The van der Waals surface area contributed by atoms with Crippen LogP contribution in [-0.2, 0) is 0 Å². The number of piperazine rings is 1. The molecule has 0 radical (unpaired) electrons. The van der Waals surface area contributed by atoms with E-state index < -0.39 is 0 Å². The molecule has 22 heavy (non-hydrogen) atoms. The lowest BCUT2D eigenvalue weighted by molar-refractivity contribution is 0.0663. The monoisotopic (exact) mass is 303 g/mol. The SMILES string of the molecule is CC1CCN(c2ncc(C(=O)N3CCN(C)CC3)cn2)CC1. The third-order valence-electron chi connectivity index (χ3n) is 4.74. The molecule has 2 aliphatic rings. The molecule has 6 nitrogen and oxygen atoms in total. The largest absolute Gasteiger partial charge is 0.341 e. The van der Waals surface area contributed by atoms with Crippen molar-refractivity contribution in [3.63, 3.8) is 0 Å². The summed E-state index contributed by atoms with van der Waals surface area (Å²) in [7, 11) is 2.08. The zero-order valence-electron chi connectivity index (χ0n) is 13.5. The minimum Gasteiger partial charge on any atom is -0.341 e. The highest BCUT2D eigenvalue weighted by molar-refractivity contribution is 5.93. The van der Waals surface area contributed by atoms with Crippen LogP contribution < -0.4 is 4.90 Å². The number of rotatable bonds is 2. The van der Waals surface area contributed by atoms with Crippen LogP contribution in [0.4, 0.5) is 5.95 Å². The summed E-state index contributed by atoms with van der Waals surface area (Å²) < 4.78 is 0. The molecular formula is C16H25N5O. The fraction of sp³-hybridized carbons (Fsp3) is 0.688. The number of likely N-dealkylation sites (N-methyl/N-ethyl adjacent to an activating group) is 1. The standard InChI is InChI=1S/C16H25N5O/c1-13-3-5-21(6-4-13)16-17-11-14(12-18-16)15(22)20-9-7-19(2)8-10-20/h11-13H,3-10H2,1-2H3. The summed E-state index contributed by atoms with van der Waals surface area (Å²) in [5, 5.41) is 0. The highest BCUT2D eigenvalue weighted by atomic mass is 16.2. The van der Waals surface area contributed by atoms with Crippen LogP contribution in [0.5, 0.6) is 0 Å². The summed E-state index contributed by atoms with van der Waals surface area (Å²) in [6.07, 6.45) is 5.73. The van der Waals surface area contributed by atoms with E-state index in [0.29, 0.717) is 5.56 Å². The Balaban J connectivity index is 1.62. The number of anilines is 1. The second-order valence-corrected chi connectivity index (χ2v) is 6.54. The van der Waals surface area contributed by atoms with Gasteiger partial charge in [-0.25, -0.2) is 9.97 Å². The van der Waals surface area contributed by atoms with Gasteiger partial charge in [0.05, 0.1) is 5.56 Å². The van der Waals surface area contributed by atoms with Crippen molar-refractivity contribution in [3.8, 4) is 0 Å². The lowest BCUT2D eigenvalue weighted by atomic mass is 10.00. The molecule has 6 heteroatoms. The lowest BCUT2D eigenvalue weighted by Crippen LogP contribution is -2.47. The Bertz CT molecular complexity index is 502. The van der Waals surface area contributed by atoms with Gasteiger partial charge in [0.1, 0.15) is 0 Å². The number of amides is 1. The van der Waals surface area contributed by atoms with E-state index in [-0.39, 0.29) is 5.91 Å². The maximum Gasteiger partial charge on any atom is 0.257 e. The molecule has 0 saturated carbocycles. The van der Waals surface area contributed by atoms with E-state index in [9.17, 15) is 4.79 Å². The van der Waals surface area contributed by atoms with Gasteiger partial charge >= 0.3 is 0 Å². The summed E-state index contributed by atoms with van der Waals surface area (Å²) in [5.41, 5.74) is 0.596. The minimum atomic E-state index is 0.0481. The first-order valence-electron chi connectivity index (χ1n) is 8.18. The van der Waals surface area contributed by atoms with Gasteiger partial charge in [-0.15, -0.1) is 0 Å². The van der Waals surface area contributed by atoms with Gasteiger partial charge in [-0.1, -0.05) is 6.92 Å². The van der Waals surface area contributed by atoms with E-state index >= 15 is 0 Å². The Morgan fingerprint density at radius 1 is 1.05 bits per heavy atom. The zero-order chi connectivity index (χ0) is 15.5. The van der Waals surface area contributed by atoms with Crippen molar-refractivity contribution in [2.45, 2.75) is 19.8 Å². The fourth-order valence-electron chi connectivity index (χ4n) is 3.00. The van der Waals surface area contributed by atoms with Gasteiger partial charge in [-0.2, -0.15) is 0 Å². The molecule has 1 amide bonds. The summed E-state index contributed by atoms with van der Waals surface area (Å²) >= 11 is 0. The van der Waals surface area contributed by atoms with Crippen molar-refractivity contribution in [3.05, 3.63) is 18.0 Å². The predicted octanol–water partition coefficient (Wildman–Crippen LogP) is 1.10. The molecule has 1 aromatic rings. The van der Waals surface area contributed by atoms with Crippen molar-refractivity contribution in [1.82, 2.24) is 19.8 Å². The predicted molar refractivity (Wildman–Crippen MR) is 86.0 cm³/mol. The molecule has 0 aliphatic carbocycles. The topological polar surface area (TPSA) is 52.6 Å². The van der Waals surface area contributed by atoms with Crippen LogP contribution in [0.2, 0.25) is 0 Å². The summed E-state index contributed by atoms with van der Waals surface area (Å²) in [6.45, 7) is 7.71. The number of nitrogens with zero attached hydrogens (tertiary/aromatic N) is 5. The molecule has 2 saturated heterocycles. The van der Waals surface area contributed by atoms with Crippen LogP contribution in [0.25, 0.3) is 0 Å². The molecule has 3 rings (SSSR count). The Morgan fingerprint density at radius 3 is 2.23 bits per heavy atom. The Morgan fingerprint density at radius 2 is 1.64 bits per heavy atom. The van der Waals surface area contributed by atoms with E-state index in [1.807, 2.05) is 4.90 Å². The van der Waals surface area contributed by atoms with Crippen LogP contribution in [0.3, 0.4) is 0 Å². The number of hydrogen-bond acceptors (Lipinski definition) is 5. The number of carbonyl (C=O) groups is 1. The Labute approximate surface area is 132 Å². The number of carbonyl (C=O) groups excluding carboxylic acids is 1. The van der Waals surface area contributed by atoms with Crippen LogP contribution >= 0.6 is 0 Å². The van der Waals surface area contributed by atoms with Gasteiger partial charge in [-0.3, -0.25) is 4.79 Å². The zero-order valence-corrected chi connectivity index (χ0v) is 13.5. The van der Waals surface area contributed by atoms with Crippen molar-refractivity contribution in [2.24, 2.45) is 5.92 Å². The quantitative estimate of drug-likeness (QED) is 0.819. The number of piperidine rings is 1. The molecule has 3 heterocycles. The smallest absolute Gasteiger partial charge is 0.257 e. The van der Waals surface area contributed by atoms with Crippen LogP contribution in [0, 0.1) is 5.92 Å². The molecule has 1 aromatic heterocycles. The third kappa shape index (κ3) is 3.38. The first kappa shape index (κ1) is 15.2. The molecule has 120 valence electrons. The third-order valence-corrected chi connectivity index (χ3v) is 4.74. The van der Waals surface area contributed by atoms with Gasteiger partial charge in [-0.05, 0) is 25.8 Å². The van der Waals surface area contributed by atoms with Gasteiger partial charge < -0.3 is 14.7 Å². The molecule has 0 N–H and O–H groups in total. The maximum absolute atomic E-state index is 12.5. The summed E-state index contributed by atoms with van der Waals surface area (Å²) in [6, 6.07) is 0. The van der Waals surface area contributed by atoms with E-state index in [1.54, 1.807) is 12.4 Å². The lowest BCUT2D eigenvalue weighted by Gasteiger charge is -2.32. The average Bonchev–Trinajstić information content (AvgIpc) is 2.56. The van der Waals surface area contributed by atoms with Gasteiger partial charge in [0.2, 0.25) is 5.95 Å². The average molecular weight is 303 g/mol. The van der Waals surface area contributed by atoms with Crippen LogP contribution in [-0.4, -0.2) is 72.0 Å². The Hall–Kier alpha value is -1.69. The number of hydrogen-bond donors (Lipinski definition) is 0. The molecule has 0 bridgehead atoms. The van der Waals surface area contributed by atoms with Crippen molar-refractivity contribution in [2.75, 3.05) is 51.2 Å². The van der Waals surface area contributed by atoms with Crippen LogP contribution in [0.15, 0.2) is 12.4 Å². The second kappa shape index (κ2) is 6.60. The molecule has 0 aromatic carbocycles. The van der Waals surface area contributed by atoms with Crippen molar-refractivity contribution >= 4 is 11.9 Å². The van der Waals surface area contributed by atoms with Gasteiger partial charge in [0.15, 0.2) is 0 Å². The molecule has 2 fully saturated rings. The van der Waals surface area contributed by atoms with Crippen LogP contribution in [0.1, 0.15) is 30.1 Å². The molecular weight excluding hydrogens is 278 g/mol. The number of aromatic nitrogens is 2. The first-order chi connectivity index (χ1) is 10.6. The van der Waals surface area contributed by atoms with E-state index in [2.05, 4.69) is 33.7 Å². The normalized spacial score (nSPS) is 21.2. The molecule has 2 aliphatic heterocycles. The fourth-order valence-corrected chi connectivity index (χ4v) is 3.00. The second-order valence-electron chi connectivity index (χ2n) is 6.54. The van der Waals surface area contributed by atoms with E-state index in [4.69, 9.17) is 0 Å². The van der Waals surface area contributed by atoms with Gasteiger partial charge in [0.25, 0.3) is 5.91 Å². The molecule has 0 atom stereocenters. The van der Waals surface area contributed by atoms with Crippen molar-refractivity contribution in [1.29, 1.82) is 0 Å². The molecule has 0 unspecified atom stereocenters. The maximum atomic E-state index is 12.5. The summed E-state index contributed by atoms with van der Waals surface area (Å²) in [4.78, 5) is 27.6. The Kier molecular flexibility index (Phi) is 4.57. The highest BCUT2D eigenvalue weighted by Gasteiger charge is 2.22. The highest BCUT2D eigenvalue weighted by Crippen LogP contribution is 2.19. The van der Waals surface area contributed by atoms with Crippen molar-refractivity contribution < 1.29 is 4.79 Å². The first-order valence-corrected chi connectivity index (χ1v) is 8.18. The molecule has 0 spiro atoms. The van der Waals surface area contributed by atoms with Gasteiger partial charge in [0, 0.05) is 51.7 Å². The summed E-state index contributed by atoms with van der Waals surface area (Å²) in [5.74, 6) is 1.59. The van der Waals surface area contributed by atoms with E-state index in [1.165, 1.54) is 12.8 Å². The minimum absolute atomic E-state index is 0.0481.